The summed E-state index contributed by atoms with van der Waals surface area (Å²) in [7, 11) is 0. The van der Waals surface area contributed by atoms with E-state index in [0.717, 1.165) is 16.8 Å². The predicted molar refractivity (Wildman–Crippen MR) is 75.2 cm³/mol. The van der Waals surface area contributed by atoms with Crippen molar-refractivity contribution in [3.8, 4) is 0 Å². The first-order valence-electron chi connectivity index (χ1n) is 7.24. The number of nitrogens with one attached hydrogen (secondary N) is 1. The maximum absolute atomic E-state index is 5.44. The Morgan fingerprint density at radius 3 is 3.21 bits per heavy atom. The second-order valence-corrected chi connectivity index (χ2v) is 5.63. The van der Waals surface area contributed by atoms with Gasteiger partial charge in [0, 0.05) is 24.8 Å². The van der Waals surface area contributed by atoms with E-state index in [9.17, 15) is 0 Å². The first kappa shape index (κ1) is 11.3. The number of hydrogen-bond donors (Lipinski definition) is 1. The van der Waals surface area contributed by atoms with E-state index in [1.807, 2.05) is 18.3 Å². The molecule has 4 nitrogen and oxygen atoms in total. The minimum absolute atomic E-state index is 0.535. The van der Waals surface area contributed by atoms with Crippen molar-refractivity contribution in [1.82, 2.24) is 9.88 Å². The number of piperidine rings is 1. The second kappa shape index (κ2) is 4.53. The van der Waals surface area contributed by atoms with Crippen LogP contribution in [0.15, 0.2) is 29.0 Å². The van der Waals surface area contributed by atoms with Gasteiger partial charge in [0.15, 0.2) is 0 Å². The van der Waals surface area contributed by atoms with Crippen LogP contribution >= 0.6 is 0 Å². The molecule has 2 aliphatic heterocycles. The minimum atomic E-state index is 0.535. The topological polar surface area (TPSA) is 41.3 Å². The van der Waals surface area contributed by atoms with Crippen LogP contribution in [0.3, 0.4) is 0 Å². The average molecular weight is 257 g/mol. The standard InChI is InChI=1S/C15H19N3O/c1-2-8-18-9-5-12(13(18)3-1)17-15-11-6-10-19-14(11)4-7-16-15/h4,6-7,10,12-13H,1-3,5,8-9H2,(H,16,17). The fourth-order valence-corrected chi connectivity index (χ4v) is 3.60. The van der Waals surface area contributed by atoms with Gasteiger partial charge in [-0.15, -0.1) is 0 Å². The van der Waals surface area contributed by atoms with Crippen LogP contribution in [0.4, 0.5) is 5.82 Å². The number of pyridine rings is 1. The molecule has 2 atom stereocenters. The highest BCUT2D eigenvalue weighted by Crippen LogP contribution is 2.30. The van der Waals surface area contributed by atoms with Gasteiger partial charge in [0.25, 0.3) is 0 Å². The smallest absolute Gasteiger partial charge is 0.139 e. The summed E-state index contributed by atoms with van der Waals surface area (Å²) in [5, 5.41) is 4.75. The largest absolute Gasteiger partial charge is 0.464 e. The van der Waals surface area contributed by atoms with Crippen molar-refractivity contribution in [2.75, 3.05) is 18.4 Å². The van der Waals surface area contributed by atoms with Gasteiger partial charge < -0.3 is 9.73 Å². The Kier molecular flexibility index (Phi) is 2.69. The van der Waals surface area contributed by atoms with Crippen LogP contribution < -0.4 is 5.32 Å². The Morgan fingerprint density at radius 2 is 2.21 bits per heavy atom. The summed E-state index contributed by atoms with van der Waals surface area (Å²) in [6.45, 7) is 2.50. The summed E-state index contributed by atoms with van der Waals surface area (Å²) in [6.07, 6.45) is 8.82. The fourth-order valence-electron chi connectivity index (χ4n) is 3.60. The van der Waals surface area contributed by atoms with Gasteiger partial charge in [-0.2, -0.15) is 0 Å². The Morgan fingerprint density at radius 1 is 1.21 bits per heavy atom. The van der Waals surface area contributed by atoms with Gasteiger partial charge in [-0.05, 0) is 37.9 Å². The fraction of sp³-hybridized carbons (Fsp3) is 0.533. The molecule has 4 heteroatoms. The van der Waals surface area contributed by atoms with Gasteiger partial charge in [-0.25, -0.2) is 4.98 Å². The summed E-state index contributed by atoms with van der Waals surface area (Å²) >= 11 is 0. The van der Waals surface area contributed by atoms with Gasteiger partial charge in [0.1, 0.15) is 11.4 Å². The van der Waals surface area contributed by atoms with Gasteiger partial charge in [0.05, 0.1) is 11.6 Å². The average Bonchev–Trinajstić information content (AvgIpc) is 3.06. The predicted octanol–water partition coefficient (Wildman–Crippen LogP) is 2.87. The van der Waals surface area contributed by atoms with E-state index in [1.165, 1.54) is 38.8 Å². The van der Waals surface area contributed by atoms with E-state index < -0.39 is 0 Å². The molecule has 0 aromatic carbocycles. The molecule has 4 rings (SSSR count). The summed E-state index contributed by atoms with van der Waals surface area (Å²) in [5.74, 6) is 0.976. The molecule has 100 valence electrons. The lowest BCUT2D eigenvalue weighted by molar-refractivity contribution is 0.192. The van der Waals surface area contributed by atoms with Crippen LogP contribution in [0.1, 0.15) is 25.7 Å². The Bertz CT molecular complexity index is 580. The Labute approximate surface area is 112 Å². The summed E-state index contributed by atoms with van der Waals surface area (Å²) < 4.78 is 5.44. The molecule has 0 bridgehead atoms. The second-order valence-electron chi connectivity index (χ2n) is 5.63. The van der Waals surface area contributed by atoms with Gasteiger partial charge in [-0.3, -0.25) is 4.90 Å². The third kappa shape index (κ3) is 1.91. The van der Waals surface area contributed by atoms with Crippen molar-refractivity contribution in [3.63, 3.8) is 0 Å². The molecule has 1 N–H and O–H groups in total. The molecule has 4 heterocycles. The summed E-state index contributed by atoms with van der Waals surface area (Å²) in [4.78, 5) is 7.13. The van der Waals surface area contributed by atoms with Crippen molar-refractivity contribution in [2.45, 2.75) is 37.8 Å². The first-order valence-corrected chi connectivity index (χ1v) is 7.24. The minimum Gasteiger partial charge on any atom is -0.464 e. The molecule has 2 aliphatic rings. The van der Waals surface area contributed by atoms with E-state index in [-0.39, 0.29) is 0 Å². The van der Waals surface area contributed by atoms with Crippen LogP contribution in [0.5, 0.6) is 0 Å². The lowest BCUT2D eigenvalue weighted by Gasteiger charge is -2.32. The van der Waals surface area contributed by atoms with E-state index in [1.54, 1.807) is 6.26 Å². The van der Waals surface area contributed by atoms with Crippen molar-refractivity contribution in [2.24, 2.45) is 0 Å². The molecule has 2 fully saturated rings. The molecule has 0 spiro atoms. The van der Waals surface area contributed by atoms with Crippen molar-refractivity contribution in [3.05, 3.63) is 24.6 Å². The van der Waals surface area contributed by atoms with Gasteiger partial charge in [-0.1, -0.05) is 6.42 Å². The normalized spacial score (nSPS) is 27.6. The Balaban J connectivity index is 1.59. The van der Waals surface area contributed by atoms with Gasteiger partial charge >= 0.3 is 0 Å². The van der Waals surface area contributed by atoms with Crippen LogP contribution in [0.25, 0.3) is 11.0 Å². The van der Waals surface area contributed by atoms with Gasteiger partial charge in [0.2, 0.25) is 0 Å². The lowest BCUT2D eigenvalue weighted by atomic mass is 9.99. The van der Waals surface area contributed by atoms with Crippen LogP contribution in [-0.2, 0) is 0 Å². The summed E-state index contributed by atoms with van der Waals surface area (Å²) in [5.41, 5.74) is 0.913. The molecule has 2 saturated heterocycles. The van der Waals surface area contributed by atoms with Crippen LogP contribution in [0.2, 0.25) is 0 Å². The van der Waals surface area contributed by atoms with Crippen LogP contribution in [-0.4, -0.2) is 35.1 Å². The Hall–Kier alpha value is -1.55. The third-order valence-corrected chi connectivity index (χ3v) is 4.56. The molecule has 0 saturated carbocycles. The molecule has 0 amide bonds. The van der Waals surface area contributed by atoms with Crippen molar-refractivity contribution < 1.29 is 4.42 Å². The monoisotopic (exact) mass is 257 g/mol. The maximum atomic E-state index is 5.44. The van der Waals surface area contributed by atoms with E-state index in [4.69, 9.17) is 4.42 Å². The zero-order valence-electron chi connectivity index (χ0n) is 11.0. The molecule has 19 heavy (non-hydrogen) atoms. The maximum Gasteiger partial charge on any atom is 0.139 e. The highest BCUT2D eigenvalue weighted by molar-refractivity contribution is 5.87. The molecule has 2 aromatic rings. The molecule has 0 radical (unpaired) electrons. The number of furan rings is 1. The van der Waals surface area contributed by atoms with Crippen LogP contribution in [0, 0.1) is 0 Å². The number of anilines is 1. The van der Waals surface area contributed by atoms with Crippen molar-refractivity contribution in [1.29, 1.82) is 0 Å². The molecule has 0 aliphatic carbocycles. The molecular weight excluding hydrogens is 238 g/mol. The number of fused-ring (bicyclic) bond motifs is 2. The summed E-state index contributed by atoms with van der Waals surface area (Å²) in [6, 6.07) is 5.14. The lowest BCUT2D eigenvalue weighted by Crippen LogP contribution is -2.41. The first-order chi connectivity index (χ1) is 9.42. The molecular formula is C15H19N3O. The highest BCUT2D eigenvalue weighted by Gasteiger charge is 2.35. The zero-order chi connectivity index (χ0) is 12.7. The quantitative estimate of drug-likeness (QED) is 0.898. The molecule has 2 unspecified atom stereocenters. The number of nitrogens with zero attached hydrogens (tertiary/aromatic N) is 2. The number of rotatable bonds is 2. The number of hydrogen-bond acceptors (Lipinski definition) is 4. The van der Waals surface area contributed by atoms with E-state index in [2.05, 4.69) is 15.2 Å². The van der Waals surface area contributed by atoms with E-state index in [0.29, 0.717) is 12.1 Å². The number of aromatic nitrogens is 1. The van der Waals surface area contributed by atoms with Crippen molar-refractivity contribution >= 4 is 16.8 Å². The zero-order valence-corrected chi connectivity index (χ0v) is 11.0. The SMILES string of the molecule is c1cc2occc2c(NC2CCN3CCCCC23)n1. The van der Waals surface area contributed by atoms with E-state index >= 15 is 0 Å². The molecule has 2 aromatic heterocycles. The third-order valence-electron chi connectivity index (χ3n) is 4.56. The highest BCUT2D eigenvalue weighted by atomic mass is 16.3.